The number of carbonyl (C=O) groups excluding carboxylic acids is 1. The summed E-state index contributed by atoms with van der Waals surface area (Å²) in [5.41, 5.74) is 1.95. The summed E-state index contributed by atoms with van der Waals surface area (Å²) in [4.78, 5) is 13.5. The van der Waals surface area contributed by atoms with E-state index in [0.29, 0.717) is 17.9 Å². The van der Waals surface area contributed by atoms with E-state index in [9.17, 15) is 4.79 Å². The minimum atomic E-state index is 0.00335. The molecule has 1 amide bonds. The van der Waals surface area contributed by atoms with Crippen molar-refractivity contribution in [3.8, 4) is 11.5 Å². The van der Waals surface area contributed by atoms with E-state index in [1.165, 1.54) is 10.5 Å². The molecule has 0 saturated carbocycles. The number of rotatable bonds is 8. The van der Waals surface area contributed by atoms with Crippen LogP contribution in [0.15, 0.2) is 83.8 Å². The molecule has 0 aromatic heterocycles. The zero-order valence-electron chi connectivity index (χ0n) is 15.4. The van der Waals surface area contributed by atoms with Gasteiger partial charge in [-0.05, 0) is 55.5 Å². The highest BCUT2D eigenvalue weighted by molar-refractivity contribution is 7.99. The highest BCUT2D eigenvalue weighted by Crippen LogP contribution is 2.29. The number of nitrogens with one attached hydrogen (secondary N) is 1. The second-order valence-electron chi connectivity index (χ2n) is 6.22. The molecule has 0 aliphatic carbocycles. The van der Waals surface area contributed by atoms with Gasteiger partial charge >= 0.3 is 0 Å². The molecule has 0 spiro atoms. The summed E-state index contributed by atoms with van der Waals surface area (Å²) in [7, 11) is 0. The summed E-state index contributed by atoms with van der Waals surface area (Å²) < 4.78 is 5.88. The van der Waals surface area contributed by atoms with Gasteiger partial charge in [0.25, 0.3) is 0 Å². The van der Waals surface area contributed by atoms with Gasteiger partial charge in [0.15, 0.2) is 5.75 Å². The molecule has 4 heteroatoms. The average molecular weight is 378 g/mol. The molecule has 0 radical (unpaired) electrons. The molecular weight excluding hydrogens is 354 g/mol. The normalized spacial score (nSPS) is 10.4. The van der Waals surface area contributed by atoms with Gasteiger partial charge in [0.1, 0.15) is 5.75 Å². The molecule has 3 rings (SSSR count). The number of hydrogen-bond acceptors (Lipinski definition) is 3. The lowest BCUT2D eigenvalue weighted by molar-refractivity contribution is -0.116. The van der Waals surface area contributed by atoms with E-state index in [1.807, 2.05) is 54.6 Å². The number of thioether (sulfide) groups is 1. The highest BCUT2D eigenvalue weighted by Gasteiger charge is 2.08. The van der Waals surface area contributed by atoms with Crippen LogP contribution in [0.4, 0.5) is 5.69 Å². The van der Waals surface area contributed by atoms with Crippen molar-refractivity contribution in [2.24, 2.45) is 0 Å². The van der Waals surface area contributed by atoms with Gasteiger partial charge < -0.3 is 10.1 Å². The number of anilines is 1. The van der Waals surface area contributed by atoms with Crippen LogP contribution in [0.3, 0.4) is 0 Å². The Bertz CT molecular complexity index is 863. The van der Waals surface area contributed by atoms with Gasteiger partial charge in [-0.3, -0.25) is 4.79 Å². The monoisotopic (exact) mass is 377 g/mol. The second kappa shape index (κ2) is 9.83. The maximum absolute atomic E-state index is 12.3. The third-order valence-electron chi connectivity index (χ3n) is 3.97. The Morgan fingerprint density at radius 3 is 2.41 bits per heavy atom. The first kappa shape index (κ1) is 19.1. The van der Waals surface area contributed by atoms with Gasteiger partial charge in [0, 0.05) is 11.3 Å². The number of carbonyl (C=O) groups is 1. The number of hydrogen-bond donors (Lipinski definition) is 1. The van der Waals surface area contributed by atoms with Gasteiger partial charge in [-0.15, -0.1) is 11.8 Å². The zero-order chi connectivity index (χ0) is 18.9. The van der Waals surface area contributed by atoms with Crippen LogP contribution >= 0.6 is 11.8 Å². The molecule has 0 bridgehead atoms. The predicted octanol–water partition coefficient (Wildman–Crippen LogP) is 6.30. The van der Waals surface area contributed by atoms with Crippen molar-refractivity contribution < 1.29 is 9.53 Å². The summed E-state index contributed by atoms with van der Waals surface area (Å²) in [6.07, 6.45) is 1.31. The van der Waals surface area contributed by atoms with E-state index in [4.69, 9.17) is 4.74 Å². The molecular formula is C23H23NO2S. The predicted molar refractivity (Wildman–Crippen MR) is 113 cm³/mol. The topological polar surface area (TPSA) is 38.3 Å². The molecule has 0 saturated heterocycles. The van der Waals surface area contributed by atoms with Crippen molar-refractivity contribution in [2.45, 2.75) is 24.7 Å². The smallest absolute Gasteiger partial charge is 0.224 e. The van der Waals surface area contributed by atoms with E-state index >= 15 is 0 Å². The molecule has 3 nitrogen and oxygen atoms in total. The van der Waals surface area contributed by atoms with E-state index < -0.39 is 0 Å². The molecule has 3 aromatic carbocycles. The molecule has 0 atom stereocenters. The van der Waals surface area contributed by atoms with Crippen LogP contribution in [0.25, 0.3) is 0 Å². The fourth-order valence-electron chi connectivity index (χ4n) is 2.54. The minimum absolute atomic E-state index is 0.00335. The highest BCUT2D eigenvalue weighted by atomic mass is 32.2. The van der Waals surface area contributed by atoms with Crippen LogP contribution in [0.2, 0.25) is 0 Å². The van der Waals surface area contributed by atoms with Gasteiger partial charge in [-0.25, -0.2) is 0 Å². The SMILES string of the molecule is Cc1ccc(SCCCC(=O)Nc2ccccc2Oc2ccccc2)cc1. The summed E-state index contributed by atoms with van der Waals surface area (Å²) in [5, 5.41) is 2.96. The Labute approximate surface area is 164 Å². The van der Waals surface area contributed by atoms with Gasteiger partial charge in [0.05, 0.1) is 5.69 Å². The van der Waals surface area contributed by atoms with E-state index in [-0.39, 0.29) is 5.91 Å². The summed E-state index contributed by atoms with van der Waals surface area (Å²) in [6.45, 7) is 2.08. The molecule has 0 aliphatic heterocycles. The van der Waals surface area contributed by atoms with Crippen molar-refractivity contribution in [3.05, 3.63) is 84.4 Å². The number of ether oxygens (including phenoxy) is 1. The molecule has 0 heterocycles. The summed E-state index contributed by atoms with van der Waals surface area (Å²) in [6, 6.07) is 25.5. The molecule has 0 aliphatic rings. The lowest BCUT2D eigenvalue weighted by Gasteiger charge is -2.12. The first-order valence-electron chi connectivity index (χ1n) is 9.02. The third-order valence-corrected chi connectivity index (χ3v) is 5.07. The number of amides is 1. The standard InChI is InChI=1S/C23H23NO2S/c1-18-13-15-20(16-14-18)27-17-7-12-23(25)24-21-10-5-6-11-22(21)26-19-8-3-2-4-9-19/h2-6,8-11,13-16H,7,12,17H2,1H3,(H,24,25). The molecule has 27 heavy (non-hydrogen) atoms. The quantitative estimate of drug-likeness (QED) is 0.370. The van der Waals surface area contributed by atoms with Crippen molar-refractivity contribution in [2.75, 3.05) is 11.1 Å². The maximum atomic E-state index is 12.3. The third kappa shape index (κ3) is 6.19. The number of benzene rings is 3. The van der Waals surface area contributed by atoms with Crippen molar-refractivity contribution in [1.29, 1.82) is 0 Å². The van der Waals surface area contributed by atoms with Gasteiger partial charge in [0.2, 0.25) is 5.91 Å². The van der Waals surface area contributed by atoms with Crippen LogP contribution in [-0.2, 0) is 4.79 Å². The lowest BCUT2D eigenvalue weighted by Crippen LogP contribution is -2.12. The van der Waals surface area contributed by atoms with Gasteiger partial charge in [-0.2, -0.15) is 0 Å². The van der Waals surface area contributed by atoms with Crippen LogP contribution in [-0.4, -0.2) is 11.7 Å². The Kier molecular flexibility index (Phi) is 6.94. The first-order chi connectivity index (χ1) is 13.2. The largest absolute Gasteiger partial charge is 0.455 e. The van der Waals surface area contributed by atoms with Crippen molar-refractivity contribution in [3.63, 3.8) is 0 Å². The lowest BCUT2D eigenvalue weighted by atomic mass is 10.2. The fourth-order valence-corrected chi connectivity index (χ4v) is 3.40. The van der Waals surface area contributed by atoms with E-state index in [2.05, 4.69) is 36.5 Å². The van der Waals surface area contributed by atoms with Crippen LogP contribution < -0.4 is 10.1 Å². The first-order valence-corrected chi connectivity index (χ1v) is 10.0. The molecule has 1 N–H and O–H groups in total. The summed E-state index contributed by atoms with van der Waals surface area (Å²) in [5.74, 6) is 2.31. The van der Waals surface area contributed by atoms with Crippen LogP contribution in [0, 0.1) is 6.92 Å². The Hall–Kier alpha value is -2.72. The Balaban J connectivity index is 1.48. The number of para-hydroxylation sites is 3. The van der Waals surface area contributed by atoms with E-state index in [1.54, 1.807) is 11.8 Å². The van der Waals surface area contributed by atoms with Crippen LogP contribution in [0.5, 0.6) is 11.5 Å². The maximum Gasteiger partial charge on any atom is 0.224 e. The zero-order valence-corrected chi connectivity index (χ0v) is 16.2. The Morgan fingerprint density at radius 1 is 0.926 bits per heavy atom. The number of aryl methyl sites for hydroxylation is 1. The van der Waals surface area contributed by atoms with Gasteiger partial charge in [-0.1, -0.05) is 48.0 Å². The van der Waals surface area contributed by atoms with E-state index in [0.717, 1.165) is 17.9 Å². The molecule has 0 unspecified atom stereocenters. The second-order valence-corrected chi connectivity index (χ2v) is 7.39. The molecule has 3 aromatic rings. The van der Waals surface area contributed by atoms with Crippen LogP contribution in [0.1, 0.15) is 18.4 Å². The molecule has 0 fully saturated rings. The Morgan fingerprint density at radius 2 is 1.63 bits per heavy atom. The summed E-state index contributed by atoms with van der Waals surface area (Å²) >= 11 is 1.78. The minimum Gasteiger partial charge on any atom is -0.455 e. The van der Waals surface area contributed by atoms with Crippen molar-refractivity contribution >= 4 is 23.4 Å². The fraction of sp³-hybridized carbons (Fsp3) is 0.174. The average Bonchev–Trinajstić information content (AvgIpc) is 2.69. The van der Waals surface area contributed by atoms with Crippen molar-refractivity contribution in [1.82, 2.24) is 0 Å². The molecule has 138 valence electrons.